The van der Waals surface area contributed by atoms with Gasteiger partial charge in [0, 0.05) is 0 Å². The zero-order valence-electron chi connectivity index (χ0n) is 21.6. The van der Waals surface area contributed by atoms with Gasteiger partial charge < -0.3 is 29.4 Å². The van der Waals surface area contributed by atoms with Crippen LogP contribution in [0.3, 0.4) is 0 Å². The molecule has 1 aliphatic rings. The maximum absolute atomic E-state index is 13.5. The van der Waals surface area contributed by atoms with Gasteiger partial charge in [0.15, 0.2) is 11.2 Å². The summed E-state index contributed by atoms with van der Waals surface area (Å²) in [6.45, 7) is 7.48. The number of aromatic amines is 1. The topological polar surface area (TPSA) is 198 Å². The predicted molar refractivity (Wildman–Crippen MR) is 132 cm³/mol. The van der Waals surface area contributed by atoms with Crippen molar-refractivity contribution >= 4 is 36.6 Å². The van der Waals surface area contributed by atoms with E-state index in [0.29, 0.717) is 12.8 Å². The number of carboxylic acids is 1. The van der Waals surface area contributed by atoms with Gasteiger partial charge in [-0.25, -0.2) is 4.98 Å². The molecule has 0 spiro atoms. The van der Waals surface area contributed by atoms with Crippen LogP contribution in [0.15, 0.2) is 11.1 Å². The molecule has 2 aromatic rings. The van der Waals surface area contributed by atoms with Gasteiger partial charge in [0.1, 0.15) is 6.35 Å². The fourth-order valence-corrected chi connectivity index (χ4v) is 4.37. The second-order valence-electron chi connectivity index (χ2n) is 10.8. The van der Waals surface area contributed by atoms with Crippen molar-refractivity contribution in [2.75, 3.05) is 25.5 Å². The zero-order valence-corrected chi connectivity index (χ0v) is 22.5. The summed E-state index contributed by atoms with van der Waals surface area (Å²) in [5, 5.41) is 9.32. The highest BCUT2D eigenvalue weighted by Gasteiger charge is 2.47. The molecular formula is C22H34N5O9P. The lowest BCUT2D eigenvalue weighted by Crippen LogP contribution is -2.26. The number of nitrogen functional groups attached to an aromatic ring is 1. The number of ether oxygens (including phenoxy) is 2. The SMILES string of the molecule is CC(C)(C)C(=O)OCOP(=O)(COC1(Cn2cnc3c(=O)[nH]c(N)nc32)CC1)OCCC(C)(C)C(=O)O. The molecule has 1 saturated carbocycles. The minimum Gasteiger partial charge on any atom is -0.481 e. The lowest BCUT2D eigenvalue weighted by atomic mass is 9.90. The van der Waals surface area contributed by atoms with Gasteiger partial charge in [-0.2, -0.15) is 4.98 Å². The lowest BCUT2D eigenvalue weighted by molar-refractivity contribution is -0.160. The number of carbonyl (C=O) groups excluding carboxylic acids is 1. The van der Waals surface area contributed by atoms with Crippen LogP contribution in [0.5, 0.6) is 0 Å². The summed E-state index contributed by atoms with van der Waals surface area (Å²) in [4.78, 5) is 46.1. The number of rotatable bonds is 13. The first kappa shape index (κ1) is 28.8. The van der Waals surface area contributed by atoms with Crippen LogP contribution in [0, 0.1) is 10.8 Å². The highest BCUT2D eigenvalue weighted by molar-refractivity contribution is 7.53. The maximum Gasteiger partial charge on any atom is 0.359 e. The number of aromatic nitrogens is 4. The fraction of sp³-hybridized carbons (Fsp3) is 0.682. The van der Waals surface area contributed by atoms with Crippen molar-refractivity contribution in [2.45, 2.75) is 66.0 Å². The quantitative estimate of drug-likeness (QED) is 0.190. The number of carboxylic acid groups (broad SMARTS) is 1. The molecule has 3 rings (SSSR count). The molecule has 1 aliphatic carbocycles. The van der Waals surface area contributed by atoms with E-state index in [1.165, 1.54) is 20.2 Å². The van der Waals surface area contributed by atoms with Crippen LogP contribution in [-0.4, -0.2) is 61.9 Å². The van der Waals surface area contributed by atoms with Crippen molar-refractivity contribution in [3.05, 3.63) is 16.7 Å². The average molecular weight is 544 g/mol. The number of hydrogen-bond acceptors (Lipinski definition) is 11. The predicted octanol–water partition coefficient (Wildman–Crippen LogP) is 2.48. The summed E-state index contributed by atoms with van der Waals surface area (Å²) in [7, 11) is -3.96. The molecule has 0 aromatic carbocycles. The van der Waals surface area contributed by atoms with Gasteiger partial charge in [0.05, 0.1) is 35.9 Å². The first-order chi connectivity index (χ1) is 17.1. The van der Waals surface area contributed by atoms with Crippen LogP contribution in [0.4, 0.5) is 5.95 Å². The van der Waals surface area contributed by atoms with Gasteiger partial charge in [0.2, 0.25) is 12.7 Å². The van der Waals surface area contributed by atoms with E-state index in [4.69, 9.17) is 24.3 Å². The number of carbonyl (C=O) groups is 2. The Morgan fingerprint density at radius 1 is 1.24 bits per heavy atom. The Bertz CT molecular complexity index is 1260. The molecule has 0 radical (unpaired) electrons. The third-order valence-corrected chi connectivity index (χ3v) is 7.45. The number of esters is 1. The number of nitrogens with zero attached hydrogens (tertiary/aromatic N) is 3. The fourth-order valence-electron chi connectivity index (χ4n) is 3.14. The van der Waals surface area contributed by atoms with E-state index >= 15 is 0 Å². The van der Waals surface area contributed by atoms with Crippen LogP contribution >= 0.6 is 7.60 Å². The van der Waals surface area contributed by atoms with Crippen LogP contribution in [0.25, 0.3) is 11.2 Å². The maximum atomic E-state index is 13.5. The number of H-pyrrole nitrogens is 1. The summed E-state index contributed by atoms with van der Waals surface area (Å²) in [5.74, 6) is -1.63. The van der Waals surface area contributed by atoms with Crippen molar-refractivity contribution < 1.29 is 37.8 Å². The van der Waals surface area contributed by atoms with Crippen LogP contribution in [0.2, 0.25) is 0 Å². The molecule has 1 atom stereocenters. The first-order valence-corrected chi connectivity index (χ1v) is 13.4. The largest absolute Gasteiger partial charge is 0.481 e. The molecule has 14 nitrogen and oxygen atoms in total. The Hall–Kier alpha value is -2.80. The normalized spacial score (nSPS) is 16.9. The van der Waals surface area contributed by atoms with Gasteiger partial charge in [-0.3, -0.25) is 28.5 Å². The summed E-state index contributed by atoms with van der Waals surface area (Å²) in [6, 6.07) is 0. The van der Waals surface area contributed by atoms with Gasteiger partial charge in [-0.1, -0.05) is 0 Å². The smallest absolute Gasteiger partial charge is 0.359 e. The Morgan fingerprint density at radius 2 is 1.92 bits per heavy atom. The van der Waals surface area contributed by atoms with Gasteiger partial charge in [0.25, 0.3) is 5.56 Å². The number of aliphatic carboxylic acids is 1. The van der Waals surface area contributed by atoms with E-state index in [-0.39, 0.29) is 36.7 Å². The van der Waals surface area contributed by atoms with E-state index in [1.807, 2.05) is 0 Å². The van der Waals surface area contributed by atoms with E-state index in [9.17, 15) is 24.1 Å². The summed E-state index contributed by atoms with van der Waals surface area (Å²) in [6.07, 6.45) is 2.29. The van der Waals surface area contributed by atoms with E-state index in [1.54, 1.807) is 25.3 Å². The molecule has 1 fully saturated rings. The third kappa shape index (κ3) is 7.37. The van der Waals surface area contributed by atoms with Crippen molar-refractivity contribution in [1.82, 2.24) is 19.5 Å². The third-order valence-electron chi connectivity index (χ3n) is 5.93. The number of nitrogens with one attached hydrogen (secondary N) is 1. The van der Waals surface area contributed by atoms with Gasteiger partial charge >= 0.3 is 19.5 Å². The number of anilines is 1. The van der Waals surface area contributed by atoms with Crippen LogP contribution < -0.4 is 11.3 Å². The standard InChI is InChI=1S/C22H34N5O9P/c1-20(2,3)18(31)33-12-36-37(32,35-9-8-21(4,5)17(29)30)13-34-22(6-7-22)10-27-11-24-14-15(27)25-19(23)26-16(14)28/h11H,6-10,12-13H2,1-5H3,(H,29,30)(H3,23,25,26,28). The molecule has 15 heteroatoms. The highest BCUT2D eigenvalue weighted by Crippen LogP contribution is 2.52. The monoisotopic (exact) mass is 543 g/mol. The van der Waals surface area contributed by atoms with Crippen molar-refractivity contribution in [3.8, 4) is 0 Å². The molecule has 2 heterocycles. The minimum atomic E-state index is -3.96. The van der Waals surface area contributed by atoms with E-state index < -0.39 is 54.7 Å². The minimum absolute atomic E-state index is 0.0506. The van der Waals surface area contributed by atoms with Crippen molar-refractivity contribution in [2.24, 2.45) is 10.8 Å². The molecule has 0 saturated heterocycles. The van der Waals surface area contributed by atoms with E-state index in [0.717, 1.165) is 0 Å². The number of nitrogens with two attached hydrogens (primary N) is 1. The summed E-state index contributed by atoms with van der Waals surface area (Å²) in [5.41, 5.74) is 2.97. The molecule has 0 bridgehead atoms. The summed E-state index contributed by atoms with van der Waals surface area (Å²) < 4.78 is 37.0. The Morgan fingerprint density at radius 3 is 2.51 bits per heavy atom. The summed E-state index contributed by atoms with van der Waals surface area (Å²) >= 11 is 0. The molecule has 206 valence electrons. The Labute approximate surface area is 213 Å². The second kappa shape index (κ2) is 10.5. The molecule has 4 N–H and O–H groups in total. The number of hydrogen-bond donors (Lipinski definition) is 3. The van der Waals surface area contributed by atoms with E-state index in [2.05, 4.69) is 15.0 Å². The lowest BCUT2D eigenvalue weighted by Gasteiger charge is -2.25. The first-order valence-electron chi connectivity index (χ1n) is 11.7. The molecule has 2 aromatic heterocycles. The molecule has 37 heavy (non-hydrogen) atoms. The molecule has 0 aliphatic heterocycles. The molecule has 1 unspecified atom stereocenters. The van der Waals surface area contributed by atoms with Crippen LogP contribution in [0.1, 0.15) is 53.9 Å². The van der Waals surface area contributed by atoms with Gasteiger partial charge in [-0.05, 0) is 53.9 Å². The Kier molecular flexibility index (Phi) is 8.18. The molecular weight excluding hydrogens is 509 g/mol. The average Bonchev–Trinajstić information content (AvgIpc) is 3.43. The zero-order chi connectivity index (χ0) is 27.6. The number of fused-ring (bicyclic) bond motifs is 1. The molecule has 0 amide bonds. The Balaban J connectivity index is 1.68. The van der Waals surface area contributed by atoms with Crippen molar-refractivity contribution in [3.63, 3.8) is 0 Å². The second-order valence-corrected chi connectivity index (χ2v) is 12.8. The van der Waals surface area contributed by atoms with Crippen molar-refractivity contribution in [1.29, 1.82) is 0 Å². The number of imidazole rings is 1. The van der Waals surface area contributed by atoms with Gasteiger partial charge in [-0.15, -0.1) is 0 Å². The highest BCUT2D eigenvalue weighted by atomic mass is 31.2. The van der Waals surface area contributed by atoms with Crippen LogP contribution in [-0.2, 0) is 39.2 Å².